The lowest BCUT2D eigenvalue weighted by Crippen LogP contribution is -2.65. The average Bonchev–Trinajstić information content (AvgIpc) is 2.67. The Balaban J connectivity index is 2.14. The van der Waals surface area contributed by atoms with E-state index in [0.717, 1.165) is 17.0 Å². The predicted molar refractivity (Wildman–Crippen MR) is 106 cm³/mol. The van der Waals surface area contributed by atoms with E-state index in [1.165, 1.54) is 42.4 Å². The molecule has 0 saturated carbocycles. The first-order valence-electron chi connectivity index (χ1n) is 9.33. The summed E-state index contributed by atoms with van der Waals surface area (Å²) in [5, 5.41) is 0. The zero-order chi connectivity index (χ0) is 17.2. The van der Waals surface area contributed by atoms with Crippen LogP contribution in [0.2, 0.25) is 36.3 Å². The Morgan fingerprint density at radius 1 is 0.875 bits per heavy atom. The van der Waals surface area contributed by atoms with Crippen LogP contribution in [0.15, 0.2) is 18.7 Å². The van der Waals surface area contributed by atoms with Gasteiger partial charge in [0.2, 0.25) is 0 Å². The van der Waals surface area contributed by atoms with Crippen LogP contribution in [0.4, 0.5) is 5.82 Å². The molecule has 3 rings (SSSR count). The summed E-state index contributed by atoms with van der Waals surface area (Å²) in [6, 6.07) is 8.22. The molecule has 0 radical (unpaired) electrons. The topological polar surface area (TPSA) is 54.8 Å². The Kier molecular flexibility index (Phi) is 5.01. The van der Waals surface area contributed by atoms with E-state index in [0.29, 0.717) is 0 Å². The highest BCUT2D eigenvalue weighted by molar-refractivity contribution is 6.92. The number of hydrogen-bond acceptors (Lipinski definition) is 5. The lowest BCUT2D eigenvalue weighted by Gasteiger charge is -2.52. The molecule has 1 fully saturated rings. The van der Waals surface area contributed by atoms with E-state index in [1.807, 2.05) is 0 Å². The van der Waals surface area contributed by atoms with Crippen LogP contribution < -0.4 is 4.57 Å². The number of aromatic nitrogens is 4. The molecular weight excluding hydrogens is 330 g/mol. The average molecular weight is 360 g/mol. The third-order valence-electron chi connectivity index (χ3n) is 6.51. The SMILES string of the molecule is CC[Si]1(CC)CC[Si](CC)(CC)N(c2ncnc3nccnc23)C1. The molecule has 0 N–H and O–H groups in total. The second-order valence-corrected chi connectivity index (χ2v) is 17.3. The van der Waals surface area contributed by atoms with Crippen molar-refractivity contribution < 1.29 is 0 Å². The van der Waals surface area contributed by atoms with Crippen molar-refractivity contribution in [3.05, 3.63) is 18.7 Å². The summed E-state index contributed by atoms with van der Waals surface area (Å²) < 4.78 is 2.74. The van der Waals surface area contributed by atoms with Gasteiger partial charge in [-0.05, 0) is 18.1 Å². The molecule has 3 heterocycles. The molecule has 0 amide bonds. The van der Waals surface area contributed by atoms with Crippen LogP contribution in [0.1, 0.15) is 27.7 Å². The number of anilines is 1. The van der Waals surface area contributed by atoms with Gasteiger partial charge in [0, 0.05) is 18.6 Å². The van der Waals surface area contributed by atoms with E-state index in [9.17, 15) is 0 Å². The van der Waals surface area contributed by atoms with Crippen LogP contribution in [0.3, 0.4) is 0 Å². The third kappa shape index (κ3) is 2.77. The Bertz CT molecular complexity index is 695. The van der Waals surface area contributed by atoms with Gasteiger partial charge in [-0.2, -0.15) is 0 Å². The van der Waals surface area contributed by atoms with Crippen molar-refractivity contribution in [1.82, 2.24) is 19.9 Å². The first-order chi connectivity index (χ1) is 11.6. The summed E-state index contributed by atoms with van der Waals surface area (Å²) >= 11 is 0. The van der Waals surface area contributed by atoms with E-state index in [2.05, 4.69) is 47.2 Å². The molecular formula is C17H29N5Si2. The normalized spacial score (nSPS) is 19.6. The fraction of sp³-hybridized carbons (Fsp3) is 0.647. The van der Waals surface area contributed by atoms with E-state index in [4.69, 9.17) is 4.98 Å². The lowest BCUT2D eigenvalue weighted by atomic mass is 10.4. The van der Waals surface area contributed by atoms with E-state index < -0.39 is 16.3 Å². The summed E-state index contributed by atoms with van der Waals surface area (Å²) in [7, 11) is -2.76. The molecule has 1 saturated heterocycles. The second-order valence-electron chi connectivity index (χ2n) is 7.15. The fourth-order valence-electron chi connectivity index (χ4n) is 4.31. The minimum absolute atomic E-state index is 0.725. The molecule has 2 aromatic heterocycles. The van der Waals surface area contributed by atoms with Gasteiger partial charge in [-0.25, -0.2) is 19.9 Å². The van der Waals surface area contributed by atoms with Crippen molar-refractivity contribution in [3.63, 3.8) is 0 Å². The maximum atomic E-state index is 4.73. The van der Waals surface area contributed by atoms with Crippen molar-refractivity contribution in [1.29, 1.82) is 0 Å². The highest BCUT2D eigenvalue weighted by Crippen LogP contribution is 2.42. The molecule has 0 bridgehead atoms. The molecule has 0 aliphatic carbocycles. The van der Waals surface area contributed by atoms with Gasteiger partial charge in [-0.15, -0.1) is 0 Å². The van der Waals surface area contributed by atoms with Crippen LogP contribution in [-0.4, -0.2) is 42.4 Å². The van der Waals surface area contributed by atoms with Gasteiger partial charge < -0.3 is 4.57 Å². The zero-order valence-corrected chi connectivity index (χ0v) is 17.4. The van der Waals surface area contributed by atoms with Gasteiger partial charge in [-0.3, -0.25) is 0 Å². The van der Waals surface area contributed by atoms with Gasteiger partial charge in [-0.1, -0.05) is 45.8 Å². The number of nitrogens with zero attached hydrogens (tertiary/aromatic N) is 5. The summed E-state index contributed by atoms with van der Waals surface area (Å²) in [5.41, 5.74) is 1.61. The molecule has 0 aromatic carbocycles. The summed E-state index contributed by atoms with van der Waals surface area (Å²) in [6.45, 7) is 9.56. The standard InChI is InChI=1S/C17H29N5Si2/c1-5-23(6-2)11-12-24(7-3,8-4)22(14-23)17-15-16(20-13-21-17)19-10-9-18-15/h9-10,13H,5-8,11-12,14H2,1-4H3. The minimum Gasteiger partial charge on any atom is -0.383 e. The number of rotatable bonds is 5. The van der Waals surface area contributed by atoms with Gasteiger partial charge in [0.15, 0.2) is 19.7 Å². The van der Waals surface area contributed by atoms with Crippen LogP contribution in [0.5, 0.6) is 0 Å². The minimum atomic E-state index is -1.53. The molecule has 5 nitrogen and oxygen atoms in total. The highest BCUT2D eigenvalue weighted by Gasteiger charge is 2.48. The van der Waals surface area contributed by atoms with Gasteiger partial charge in [0.25, 0.3) is 0 Å². The molecule has 7 heteroatoms. The van der Waals surface area contributed by atoms with Crippen LogP contribution in [0.25, 0.3) is 11.2 Å². The molecule has 1 aliphatic rings. The van der Waals surface area contributed by atoms with Crippen LogP contribution in [0, 0.1) is 0 Å². The smallest absolute Gasteiger partial charge is 0.183 e. The molecule has 0 atom stereocenters. The monoisotopic (exact) mass is 359 g/mol. The molecule has 130 valence electrons. The molecule has 2 aromatic rings. The molecule has 1 aliphatic heterocycles. The largest absolute Gasteiger partial charge is 0.383 e. The summed E-state index contributed by atoms with van der Waals surface area (Å²) in [6.07, 6.45) is 6.41. The summed E-state index contributed by atoms with van der Waals surface area (Å²) in [5.74, 6) is 1.06. The third-order valence-corrected chi connectivity index (χ3v) is 18.0. The molecule has 24 heavy (non-hydrogen) atoms. The number of fused-ring (bicyclic) bond motifs is 1. The van der Waals surface area contributed by atoms with Crippen molar-refractivity contribution in [3.8, 4) is 0 Å². The van der Waals surface area contributed by atoms with E-state index in [1.54, 1.807) is 18.7 Å². The van der Waals surface area contributed by atoms with Crippen LogP contribution >= 0.6 is 0 Å². The maximum Gasteiger partial charge on any atom is 0.183 e. The number of hydrogen-bond donors (Lipinski definition) is 0. The Morgan fingerprint density at radius 3 is 2.25 bits per heavy atom. The zero-order valence-electron chi connectivity index (χ0n) is 15.4. The quantitative estimate of drug-likeness (QED) is 0.747. The van der Waals surface area contributed by atoms with Crippen molar-refractivity contribution in [2.75, 3.05) is 10.7 Å². The second kappa shape index (κ2) is 6.88. The van der Waals surface area contributed by atoms with E-state index >= 15 is 0 Å². The van der Waals surface area contributed by atoms with E-state index in [-0.39, 0.29) is 0 Å². The predicted octanol–water partition coefficient (Wildman–Crippen LogP) is 4.25. The maximum absolute atomic E-state index is 4.73. The summed E-state index contributed by atoms with van der Waals surface area (Å²) in [4.78, 5) is 18.1. The molecule has 0 unspecified atom stereocenters. The van der Waals surface area contributed by atoms with Gasteiger partial charge in [0.1, 0.15) is 11.8 Å². The van der Waals surface area contributed by atoms with Crippen LogP contribution in [-0.2, 0) is 0 Å². The van der Waals surface area contributed by atoms with Gasteiger partial charge >= 0.3 is 0 Å². The van der Waals surface area contributed by atoms with Crippen molar-refractivity contribution >= 4 is 33.3 Å². The fourth-order valence-corrected chi connectivity index (χ4v) is 16.1. The molecule has 0 spiro atoms. The first-order valence-corrected chi connectivity index (χ1v) is 14.7. The van der Waals surface area contributed by atoms with Gasteiger partial charge in [0.05, 0.1) is 8.07 Å². The van der Waals surface area contributed by atoms with Crippen molar-refractivity contribution in [2.45, 2.75) is 64.0 Å². The highest BCUT2D eigenvalue weighted by atomic mass is 28.3. The lowest BCUT2D eigenvalue weighted by molar-refractivity contribution is 0.936. The Hall–Kier alpha value is -1.35. The first kappa shape index (κ1) is 17.5. The Morgan fingerprint density at radius 2 is 1.58 bits per heavy atom. The van der Waals surface area contributed by atoms with Crippen molar-refractivity contribution in [2.24, 2.45) is 0 Å². The Labute approximate surface area is 147 Å².